The fraction of sp³-hybridized carbons (Fsp3) is 0.750. The minimum atomic E-state index is -3.94. The van der Waals surface area contributed by atoms with Gasteiger partial charge in [-0.05, 0) is 43.4 Å². The molecule has 2 amide bonds. The maximum Gasteiger partial charge on any atom is 0.266 e. The Hall–Kier alpha value is -1.75. The number of allylic oxidation sites excluding steroid dienone is 3. The molecule has 0 spiro atoms. The molecule has 4 aliphatic rings. The minimum absolute atomic E-state index is 0.0267. The molecule has 0 bridgehead atoms. The first-order chi connectivity index (χ1) is 16.4. The summed E-state index contributed by atoms with van der Waals surface area (Å²) in [7, 11) is -3.94. The Morgan fingerprint density at radius 3 is 2.18 bits per heavy atom. The Bertz CT molecular complexity index is 890. The highest BCUT2D eigenvalue weighted by molar-refractivity contribution is 7.91. The number of ether oxygens (including phenoxy) is 1. The predicted molar refractivity (Wildman–Crippen MR) is 126 cm³/mol. The molecule has 10 heteroatoms. The number of piperidine rings is 1. The number of fused-ring (bicyclic) bond motifs is 1. The van der Waals surface area contributed by atoms with E-state index in [4.69, 9.17) is 4.74 Å². The summed E-state index contributed by atoms with van der Waals surface area (Å²) in [5, 5.41) is 9.17. The second-order valence-electron chi connectivity index (χ2n) is 10.1. The van der Waals surface area contributed by atoms with E-state index in [-0.39, 0.29) is 37.9 Å². The van der Waals surface area contributed by atoms with Crippen molar-refractivity contribution in [2.45, 2.75) is 56.1 Å². The summed E-state index contributed by atoms with van der Waals surface area (Å²) in [5.74, 6) is 0.741. The molecule has 1 aliphatic carbocycles. The molecule has 4 fully saturated rings. The van der Waals surface area contributed by atoms with E-state index in [1.165, 1.54) is 30.0 Å². The van der Waals surface area contributed by atoms with Crippen LogP contribution in [0.3, 0.4) is 0 Å². The first kappa shape index (κ1) is 25.3. The molecule has 190 valence electrons. The number of sulfonamides is 1. The maximum absolute atomic E-state index is 13.4. The average Bonchev–Trinajstić information content (AvgIpc) is 3.31. The monoisotopic (exact) mass is 495 g/mol. The van der Waals surface area contributed by atoms with Gasteiger partial charge in [0.05, 0.1) is 0 Å². The third kappa shape index (κ3) is 5.10. The first-order valence-corrected chi connectivity index (χ1v) is 14.0. The summed E-state index contributed by atoms with van der Waals surface area (Å²) in [6, 6.07) is 0. The van der Waals surface area contributed by atoms with Crippen LogP contribution >= 0.6 is 0 Å². The number of carbonyl (C=O) groups excluding carboxylic acids is 2. The fourth-order valence-corrected chi connectivity index (χ4v) is 8.16. The molecular formula is C24H37N3O6S. The van der Waals surface area contributed by atoms with Gasteiger partial charge in [-0.15, -0.1) is 0 Å². The Morgan fingerprint density at radius 2 is 1.59 bits per heavy atom. The quantitative estimate of drug-likeness (QED) is 0.251. The minimum Gasteiger partial charge on any atom is -0.381 e. The van der Waals surface area contributed by atoms with Gasteiger partial charge in [-0.3, -0.25) is 14.8 Å². The van der Waals surface area contributed by atoms with Crippen LogP contribution in [-0.2, 0) is 24.3 Å². The zero-order valence-electron chi connectivity index (χ0n) is 19.7. The Morgan fingerprint density at radius 1 is 0.971 bits per heavy atom. The van der Waals surface area contributed by atoms with E-state index in [9.17, 15) is 23.2 Å². The van der Waals surface area contributed by atoms with Crippen molar-refractivity contribution in [1.82, 2.24) is 14.7 Å². The number of hydrogen-bond donors (Lipinski definition) is 2. The molecule has 3 heterocycles. The van der Waals surface area contributed by atoms with Gasteiger partial charge in [-0.2, -0.15) is 0 Å². The lowest BCUT2D eigenvalue weighted by Crippen LogP contribution is -2.60. The number of hydrogen-bond acceptors (Lipinski definition) is 6. The van der Waals surface area contributed by atoms with Gasteiger partial charge in [-0.1, -0.05) is 31.1 Å². The topological polar surface area (TPSA) is 116 Å². The summed E-state index contributed by atoms with van der Waals surface area (Å²) >= 11 is 0. The van der Waals surface area contributed by atoms with Crippen molar-refractivity contribution in [3.8, 4) is 0 Å². The third-order valence-electron chi connectivity index (χ3n) is 8.17. The zero-order chi connectivity index (χ0) is 24.2. The van der Waals surface area contributed by atoms with E-state index < -0.39 is 20.7 Å². The van der Waals surface area contributed by atoms with Crippen molar-refractivity contribution in [2.75, 3.05) is 39.4 Å². The SMILES string of the molecule is O=C(/C=C/C=C/C1CCN(S(=O)(=O)C2(C(=O)NO)CCOCC2)CC1)N1C[C@H]2CCCC[C@H]2C1. The molecule has 4 rings (SSSR count). The summed E-state index contributed by atoms with van der Waals surface area (Å²) in [4.78, 5) is 26.9. The zero-order valence-corrected chi connectivity index (χ0v) is 20.5. The van der Waals surface area contributed by atoms with Crippen LogP contribution in [0.4, 0.5) is 0 Å². The lowest BCUT2D eigenvalue weighted by Gasteiger charge is -2.40. The predicted octanol–water partition coefficient (Wildman–Crippen LogP) is 1.84. The number of rotatable bonds is 6. The van der Waals surface area contributed by atoms with E-state index in [0.717, 1.165) is 13.1 Å². The second kappa shape index (κ2) is 10.9. The smallest absolute Gasteiger partial charge is 0.266 e. The van der Waals surface area contributed by atoms with Crippen LogP contribution in [0, 0.1) is 17.8 Å². The molecule has 2 N–H and O–H groups in total. The highest BCUT2D eigenvalue weighted by Gasteiger charge is 2.54. The molecule has 0 unspecified atom stereocenters. The van der Waals surface area contributed by atoms with Crippen molar-refractivity contribution in [3.05, 3.63) is 24.3 Å². The lowest BCUT2D eigenvalue weighted by molar-refractivity contribution is -0.134. The third-order valence-corrected chi connectivity index (χ3v) is 10.8. The van der Waals surface area contributed by atoms with E-state index in [2.05, 4.69) is 0 Å². The van der Waals surface area contributed by atoms with Crippen LogP contribution in [0.25, 0.3) is 0 Å². The van der Waals surface area contributed by atoms with Crippen molar-refractivity contribution in [2.24, 2.45) is 17.8 Å². The van der Waals surface area contributed by atoms with E-state index in [0.29, 0.717) is 37.8 Å². The van der Waals surface area contributed by atoms with Gasteiger partial charge in [0, 0.05) is 58.3 Å². The van der Waals surface area contributed by atoms with E-state index >= 15 is 0 Å². The average molecular weight is 496 g/mol. The van der Waals surface area contributed by atoms with Crippen LogP contribution in [0.15, 0.2) is 24.3 Å². The summed E-state index contributed by atoms with van der Waals surface area (Å²) < 4.78 is 31.7. The number of nitrogens with one attached hydrogen (secondary N) is 1. The van der Waals surface area contributed by atoms with Crippen LogP contribution < -0.4 is 5.48 Å². The highest BCUT2D eigenvalue weighted by atomic mass is 32.2. The van der Waals surface area contributed by atoms with Crippen LogP contribution in [0.5, 0.6) is 0 Å². The number of hydroxylamine groups is 1. The number of nitrogens with zero attached hydrogens (tertiary/aromatic N) is 2. The molecule has 34 heavy (non-hydrogen) atoms. The standard InChI is InChI=1S/C24H37N3O6S/c28-22(26-17-20-6-2-3-7-21(20)18-26)8-4-1-5-19-9-13-27(14-10-19)34(31,32)24(23(29)25-30)11-15-33-16-12-24/h1,4-5,8,19-21,30H,2-3,6-7,9-18H2,(H,25,29)/b5-1+,8-4+/t20-,21+. The molecule has 3 aliphatic heterocycles. The summed E-state index contributed by atoms with van der Waals surface area (Å²) in [6.45, 7) is 2.72. The lowest BCUT2D eigenvalue weighted by atomic mass is 9.82. The number of carbonyl (C=O) groups is 2. The van der Waals surface area contributed by atoms with Crippen molar-refractivity contribution < 1.29 is 28.0 Å². The molecular weight excluding hydrogens is 458 g/mol. The van der Waals surface area contributed by atoms with Gasteiger partial charge in [0.2, 0.25) is 15.9 Å². The number of likely N-dealkylation sites (tertiary alicyclic amines) is 1. The molecule has 0 radical (unpaired) electrons. The Kier molecular flexibility index (Phi) is 8.12. The van der Waals surface area contributed by atoms with Crippen molar-refractivity contribution in [1.29, 1.82) is 0 Å². The van der Waals surface area contributed by atoms with Crippen LogP contribution in [0.1, 0.15) is 51.4 Å². The van der Waals surface area contributed by atoms with Gasteiger partial charge in [0.1, 0.15) is 0 Å². The van der Waals surface area contributed by atoms with Crippen LogP contribution in [0.2, 0.25) is 0 Å². The van der Waals surface area contributed by atoms with Crippen molar-refractivity contribution >= 4 is 21.8 Å². The first-order valence-electron chi connectivity index (χ1n) is 12.5. The molecule has 0 aromatic carbocycles. The highest BCUT2D eigenvalue weighted by Crippen LogP contribution is 2.36. The molecule has 0 aromatic heterocycles. The fourth-order valence-electron chi connectivity index (χ4n) is 6.01. The van der Waals surface area contributed by atoms with Gasteiger partial charge in [0.25, 0.3) is 5.91 Å². The molecule has 2 atom stereocenters. The molecule has 3 saturated heterocycles. The summed E-state index contributed by atoms with van der Waals surface area (Å²) in [6.07, 6.45) is 13.7. The van der Waals surface area contributed by atoms with E-state index in [1.807, 2.05) is 17.1 Å². The largest absolute Gasteiger partial charge is 0.381 e. The molecule has 0 aromatic rings. The van der Waals surface area contributed by atoms with Gasteiger partial charge < -0.3 is 9.64 Å². The Balaban J connectivity index is 1.28. The summed E-state index contributed by atoms with van der Waals surface area (Å²) in [5.41, 5.74) is 1.56. The molecule has 9 nitrogen and oxygen atoms in total. The van der Waals surface area contributed by atoms with Gasteiger partial charge >= 0.3 is 0 Å². The van der Waals surface area contributed by atoms with Gasteiger partial charge in [-0.25, -0.2) is 18.2 Å². The maximum atomic E-state index is 13.4. The second-order valence-corrected chi connectivity index (χ2v) is 12.3. The number of amides is 2. The molecule has 1 saturated carbocycles. The normalized spacial score (nSPS) is 28.9. The Labute approximate surface area is 202 Å². The van der Waals surface area contributed by atoms with Gasteiger partial charge in [0.15, 0.2) is 4.75 Å². The van der Waals surface area contributed by atoms with Crippen LogP contribution in [-0.4, -0.2) is 78.8 Å². The van der Waals surface area contributed by atoms with Crippen molar-refractivity contribution in [3.63, 3.8) is 0 Å². The van der Waals surface area contributed by atoms with E-state index in [1.54, 1.807) is 17.6 Å².